The Kier molecular flexibility index (Phi) is 1.78. The summed E-state index contributed by atoms with van der Waals surface area (Å²) in [4.78, 5) is 0. The van der Waals surface area contributed by atoms with Crippen LogP contribution in [0.25, 0.3) is 0 Å². The fourth-order valence-corrected chi connectivity index (χ4v) is 1.45. The van der Waals surface area contributed by atoms with Crippen LogP contribution in [0, 0.1) is 0 Å². The Morgan fingerprint density at radius 2 is 2.30 bits per heavy atom. The molecule has 1 aliphatic heterocycles. The highest BCUT2D eigenvalue weighted by molar-refractivity contribution is 7.92. The lowest BCUT2D eigenvalue weighted by molar-refractivity contribution is 0.326. The molecule has 1 rings (SSSR count). The van der Waals surface area contributed by atoms with Crippen molar-refractivity contribution >= 4 is 10.0 Å². The van der Waals surface area contributed by atoms with Crippen molar-refractivity contribution in [3.63, 3.8) is 0 Å². The maximum Gasteiger partial charge on any atom is 0.254 e. The molecule has 2 N–H and O–H groups in total. The van der Waals surface area contributed by atoms with Crippen molar-refractivity contribution < 1.29 is 13.5 Å². The molecule has 0 amide bonds. The van der Waals surface area contributed by atoms with E-state index >= 15 is 0 Å². The second-order valence-corrected chi connectivity index (χ2v) is 3.39. The van der Waals surface area contributed by atoms with Crippen molar-refractivity contribution in [1.82, 2.24) is 4.72 Å². The van der Waals surface area contributed by atoms with Crippen molar-refractivity contribution in [1.29, 1.82) is 0 Å². The van der Waals surface area contributed by atoms with Gasteiger partial charge >= 0.3 is 0 Å². The average Bonchev–Trinajstić information content (AvgIpc) is 1.86. The summed E-state index contributed by atoms with van der Waals surface area (Å²) in [6.07, 6.45) is 2.87. The van der Waals surface area contributed by atoms with E-state index in [0.29, 0.717) is 5.70 Å². The molecule has 0 aromatic rings. The smallest absolute Gasteiger partial charge is 0.254 e. The van der Waals surface area contributed by atoms with E-state index in [1.54, 1.807) is 0 Å². The number of nitrogens with one attached hydrogen (secondary N) is 1. The van der Waals surface area contributed by atoms with Crippen LogP contribution in [-0.2, 0) is 10.0 Å². The standard InChI is InChI=1S/C5H7NO3S/c7-4-5-2-1-3-10(8,9)6-5/h1-3,6-7H,4H2. The van der Waals surface area contributed by atoms with Gasteiger partial charge in [0.1, 0.15) is 0 Å². The van der Waals surface area contributed by atoms with Crippen molar-refractivity contribution in [3.05, 3.63) is 23.3 Å². The van der Waals surface area contributed by atoms with E-state index in [-0.39, 0.29) is 6.61 Å². The third kappa shape index (κ3) is 1.58. The van der Waals surface area contributed by atoms with Gasteiger partial charge in [-0.1, -0.05) is 0 Å². The number of sulfonamides is 1. The summed E-state index contributed by atoms with van der Waals surface area (Å²) in [7, 11) is -3.30. The minimum atomic E-state index is -3.30. The quantitative estimate of drug-likeness (QED) is 0.535. The number of aliphatic hydroxyl groups is 1. The molecule has 56 valence electrons. The summed E-state index contributed by atoms with van der Waals surface area (Å²) in [5.41, 5.74) is 0.294. The summed E-state index contributed by atoms with van der Waals surface area (Å²) in [6.45, 7) is -0.288. The van der Waals surface area contributed by atoms with E-state index in [1.807, 2.05) is 0 Å². The summed E-state index contributed by atoms with van der Waals surface area (Å²) < 4.78 is 23.5. The van der Waals surface area contributed by atoms with E-state index in [0.717, 1.165) is 5.41 Å². The first-order valence-corrected chi connectivity index (χ1v) is 4.19. The Balaban J connectivity index is 2.88. The molecule has 0 aliphatic carbocycles. The predicted molar refractivity (Wildman–Crippen MR) is 36.4 cm³/mol. The van der Waals surface area contributed by atoms with Crippen molar-refractivity contribution in [3.8, 4) is 0 Å². The molecule has 0 aromatic carbocycles. The zero-order chi connectivity index (χ0) is 7.61. The van der Waals surface area contributed by atoms with Crippen LogP contribution in [0.3, 0.4) is 0 Å². The van der Waals surface area contributed by atoms with Crippen LogP contribution in [0.2, 0.25) is 0 Å². The minimum Gasteiger partial charge on any atom is -0.390 e. The zero-order valence-corrected chi connectivity index (χ0v) is 5.93. The first kappa shape index (κ1) is 7.30. The molecule has 0 spiro atoms. The predicted octanol–water partition coefficient (Wildman–Crippen LogP) is -0.691. The van der Waals surface area contributed by atoms with Gasteiger partial charge in [0, 0.05) is 0 Å². The van der Waals surface area contributed by atoms with Gasteiger partial charge in [0.25, 0.3) is 10.0 Å². The molecule has 1 aliphatic rings. The molecule has 4 nitrogen and oxygen atoms in total. The Morgan fingerprint density at radius 3 is 2.70 bits per heavy atom. The van der Waals surface area contributed by atoms with Crippen molar-refractivity contribution in [2.24, 2.45) is 0 Å². The van der Waals surface area contributed by atoms with E-state index in [2.05, 4.69) is 4.72 Å². The molecule has 1 heterocycles. The average molecular weight is 161 g/mol. The van der Waals surface area contributed by atoms with Gasteiger partial charge < -0.3 is 5.11 Å². The lowest BCUT2D eigenvalue weighted by Gasteiger charge is -2.08. The van der Waals surface area contributed by atoms with Gasteiger partial charge in [-0.25, -0.2) is 8.42 Å². The lowest BCUT2D eigenvalue weighted by Crippen LogP contribution is -2.24. The molecule has 0 saturated carbocycles. The molecule has 5 heteroatoms. The van der Waals surface area contributed by atoms with Crippen LogP contribution >= 0.6 is 0 Å². The maximum atomic E-state index is 10.7. The van der Waals surface area contributed by atoms with E-state index in [9.17, 15) is 8.42 Å². The highest BCUT2D eigenvalue weighted by Crippen LogP contribution is 2.01. The van der Waals surface area contributed by atoms with Crippen LogP contribution in [-0.4, -0.2) is 20.1 Å². The maximum absolute atomic E-state index is 10.7. The highest BCUT2D eigenvalue weighted by Gasteiger charge is 2.09. The van der Waals surface area contributed by atoms with Crippen LogP contribution in [0.15, 0.2) is 23.3 Å². The summed E-state index contributed by atoms with van der Waals surface area (Å²) in [5.74, 6) is 0. The normalized spacial score (nSPS) is 21.5. The largest absolute Gasteiger partial charge is 0.390 e. The zero-order valence-electron chi connectivity index (χ0n) is 5.11. The summed E-state index contributed by atoms with van der Waals surface area (Å²) in [6, 6.07) is 0. The van der Waals surface area contributed by atoms with Gasteiger partial charge in [0.05, 0.1) is 17.7 Å². The van der Waals surface area contributed by atoms with Crippen molar-refractivity contribution in [2.75, 3.05) is 6.61 Å². The third-order valence-electron chi connectivity index (χ3n) is 0.999. The number of rotatable bonds is 1. The van der Waals surface area contributed by atoms with E-state index in [4.69, 9.17) is 5.11 Å². The first-order valence-electron chi connectivity index (χ1n) is 2.65. The summed E-state index contributed by atoms with van der Waals surface area (Å²) >= 11 is 0. The SMILES string of the molecule is O=S1(=O)C=CC=C(CO)N1. The van der Waals surface area contributed by atoms with Gasteiger partial charge in [-0.2, -0.15) is 0 Å². The van der Waals surface area contributed by atoms with Gasteiger partial charge in [-0.3, -0.25) is 4.72 Å². The van der Waals surface area contributed by atoms with Crippen molar-refractivity contribution in [2.45, 2.75) is 0 Å². The van der Waals surface area contributed by atoms with Crippen LogP contribution in [0.4, 0.5) is 0 Å². The van der Waals surface area contributed by atoms with Gasteiger partial charge in [0.2, 0.25) is 0 Å². The lowest BCUT2D eigenvalue weighted by atomic mass is 10.4. The molecule has 0 saturated heterocycles. The minimum absolute atomic E-state index is 0.288. The Morgan fingerprint density at radius 1 is 1.60 bits per heavy atom. The number of hydrogen-bond acceptors (Lipinski definition) is 3. The monoisotopic (exact) mass is 161 g/mol. The molecule has 0 fully saturated rings. The second kappa shape index (κ2) is 2.43. The van der Waals surface area contributed by atoms with Gasteiger partial charge in [0.15, 0.2) is 0 Å². The Bertz CT molecular complexity index is 275. The molecule has 0 bridgehead atoms. The number of hydrogen-bond donors (Lipinski definition) is 2. The molecule has 0 unspecified atom stereocenters. The molecule has 0 radical (unpaired) electrons. The number of aliphatic hydroxyl groups excluding tert-OH is 1. The van der Waals surface area contributed by atoms with Gasteiger partial charge in [-0.05, 0) is 12.2 Å². The highest BCUT2D eigenvalue weighted by atomic mass is 32.2. The van der Waals surface area contributed by atoms with Gasteiger partial charge in [-0.15, -0.1) is 0 Å². The van der Waals surface area contributed by atoms with Crippen LogP contribution < -0.4 is 4.72 Å². The molecular formula is C5H7NO3S. The van der Waals surface area contributed by atoms with Crippen LogP contribution in [0.5, 0.6) is 0 Å². The Labute approximate surface area is 58.9 Å². The second-order valence-electron chi connectivity index (χ2n) is 1.83. The third-order valence-corrected chi connectivity index (χ3v) is 2.06. The van der Waals surface area contributed by atoms with E-state index in [1.165, 1.54) is 12.2 Å². The van der Waals surface area contributed by atoms with Crippen LogP contribution in [0.1, 0.15) is 0 Å². The molecule has 0 atom stereocenters. The molecular weight excluding hydrogens is 154 g/mol. The van der Waals surface area contributed by atoms with E-state index < -0.39 is 10.0 Å². The first-order chi connectivity index (χ1) is 4.64. The molecule has 0 aromatic heterocycles. The summed E-state index contributed by atoms with van der Waals surface area (Å²) in [5, 5.41) is 9.53. The fourth-order valence-electron chi connectivity index (χ4n) is 0.595. The topological polar surface area (TPSA) is 66.4 Å². The fraction of sp³-hybridized carbons (Fsp3) is 0.200. The molecule has 10 heavy (non-hydrogen) atoms. The Hall–Kier alpha value is -0.810. The number of allylic oxidation sites excluding steroid dienone is 2.